The number of carbonyl (C=O) groups excluding carboxylic acids is 1. The average Bonchev–Trinajstić information content (AvgIpc) is 3.23. The predicted molar refractivity (Wildman–Crippen MR) is 111 cm³/mol. The topological polar surface area (TPSA) is 68.1 Å². The van der Waals surface area contributed by atoms with Crippen molar-refractivity contribution in [1.82, 2.24) is 20.0 Å². The van der Waals surface area contributed by atoms with E-state index in [1.807, 2.05) is 35.8 Å². The van der Waals surface area contributed by atoms with E-state index in [4.69, 9.17) is 9.57 Å². The Morgan fingerprint density at radius 3 is 2.62 bits per heavy atom. The van der Waals surface area contributed by atoms with Crippen molar-refractivity contribution in [1.29, 1.82) is 0 Å². The normalized spacial score (nSPS) is 14.9. The molecule has 1 saturated heterocycles. The first-order valence-corrected chi connectivity index (χ1v) is 10.0. The molecule has 1 aliphatic heterocycles. The van der Waals surface area contributed by atoms with E-state index in [0.717, 1.165) is 40.9 Å². The van der Waals surface area contributed by atoms with Crippen molar-refractivity contribution in [2.24, 2.45) is 0 Å². The van der Waals surface area contributed by atoms with Gasteiger partial charge in [-0.1, -0.05) is 18.2 Å². The lowest BCUT2D eigenvalue weighted by atomic mass is 10.0. The number of hydrogen-bond acceptors (Lipinski definition) is 4. The Labute approximate surface area is 170 Å². The van der Waals surface area contributed by atoms with E-state index in [-0.39, 0.29) is 12.1 Å². The highest BCUT2D eigenvalue weighted by atomic mass is 16.7. The number of urea groups is 1. The van der Waals surface area contributed by atoms with Gasteiger partial charge in [0, 0.05) is 43.4 Å². The monoisotopic (exact) mass is 394 g/mol. The zero-order valence-corrected chi connectivity index (χ0v) is 16.8. The van der Waals surface area contributed by atoms with Gasteiger partial charge in [-0.15, -0.1) is 0 Å². The van der Waals surface area contributed by atoms with Gasteiger partial charge in [-0.05, 0) is 43.7 Å². The summed E-state index contributed by atoms with van der Waals surface area (Å²) in [6.45, 7) is 5.68. The van der Waals surface area contributed by atoms with Gasteiger partial charge in [0.15, 0.2) is 0 Å². The molecule has 1 N–H and O–H groups in total. The van der Waals surface area contributed by atoms with E-state index in [0.29, 0.717) is 19.7 Å². The van der Waals surface area contributed by atoms with Crippen molar-refractivity contribution in [3.63, 3.8) is 0 Å². The number of nitrogens with one attached hydrogen (secondary N) is 1. The van der Waals surface area contributed by atoms with Crippen LogP contribution in [0, 0.1) is 6.92 Å². The Morgan fingerprint density at radius 1 is 1.14 bits per heavy atom. The first-order chi connectivity index (χ1) is 14.2. The molecule has 0 spiro atoms. The van der Waals surface area contributed by atoms with Crippen LogP contribution in [0.25, 0.3) is 16.6 Å². The Kier molecular flexibility index (Phi) is 5.67. The third-order valence-corrected chi connectivity index (χ3v) is 5.30. The van der Waals surface area contributed by atoms with Crippen LogP contribution in [0.15, 0.2) is 48.7 Å². The van der Waals surface area contributed by atoms with Gasteiger partial charge in [-0.2, -0.15) is 5.10 Å². The molecule has 1 aliphatic rings. The van der Waals surface area contributed by atoms with Crippen molar-refractivity contribution in [2.45, 2.75) is 32.8 Å². The number of rotatable bonds is 5. The highest BCUT2D eigenvalue weighted by Gasteiger charge is 2.24. The molecule has 4 rings (SSSR count). The zero-order chi connectivity index (χ0) is 20.2. The minimum atomic E-state index is -0.181. The number of pyridine rings is 1. The molecule has 29 heavy (non-hydrogen) atoms. The maximum Gasteiger partial charge on any atom is 0.341 e. The van der Waals surface area contributed by atoms with Gasteiger partial charge in [-0.25, -0.2) is 14.8 Å². The van der Waals surface area contributed by atoms with Gasteiger partial charge in [0.25, 0.3) is 0 Å². The number of nitrogens with zero attached hydrogens (tertiary/aromatic N) is 3. The van der Waals surface area contributed by atoms with Crippen molar-refractivity contribution in [3.05, 3.63) is 54.4 Å². The van der Waals surface area contributed by atoms with Crippen molar-refractivity contribution in [3.8, 4) is 16.9 Å². The number of amides is 2. The van der Waals surface area contributed by atoms with Crippen LogP contribution in [0.2, 0.25) is 0 Å². The number of hydrogen-bond donors (Lipinski definition) is 1. The Bertz CT molecular complexity index is 975. The Hall–Kier alpha value is -3.06. The summed E-state index contributed by atoms with van der Waals surface area (Å²) in [7, 11) is 0. The molecule has 1 fully saturated rings. The van der Waals surface area contributed by atoms with Crippen LogP contribution in [0.1, 0.15) is 25.5 Å². The van der Waals surface area contributed by atoms with E-state index in [9.17, 15) is 4.79 Å². The van der Waals surface area contributed by atoms with Crippen molar-refractivity contribution in [2.75, 3.05) is 19.7 Å². The summed E-state index contributed by atoms with van der Waals surface area (Å²) in [6.07, 6.45) is 3.53. The second-order valence-corrected chi connectivity index (χ2v) is 7.17. The van der Waals surface area contributed by atoms with Crippen LogP contribution in [0.5, 0.6) is 5.75 Å². The number of aryl methyl sites for hydroxylation is 1. The molecular weight excluding hydrogens is 368 g/mol. The molecule has 3 aromatic rings. The quantitative estimate of drug-likeness (QED) is 0.668. The third kappa shape index (κ3) is 4.19. The lowest BCUT2D eigenvalue weighted by molar-refractivity contribution is 0.0446. The third-order valence-electron chi connectivity index (χ3n) is 5.30. The number of benzene rings is 1. The molecule has 152 valence electrons. The maximum atomic E-state index is 11.9. The molecular formula is C22H26N4O3. The van der Waals surface area contributed by atoms with Crippen LogP contribution in [-0.4, -0.2) is 46.3 Å². The molecule has 2 aromatic heterocycles. The molecule has 3 heterocycles. The second-order valence-electron chi connectivity index (χ2n) is 7.17. The summed E-state index contributed by atoms with van der Waals surface area (Å²) in [4.78, 5) is 18.7. The number of hydroxylamine groups is 1. The Balaban J connectivity index is 1.36. The molecule has 0 aliphatic carbocycles. The summed E-state index contributed by atoms with van der Waals surface area (Å²) >= 11 is 0. The molecule has 0 saturated carbocycles. The minimum absolute atomic E-state index is 0.110. The highest BCUT2D eigenvalue weighted by Crippen LogP contribution is 2.27. The summed E-state index contributed by atoms with van der Waals surface area (Å²) in [5.41, 5.74) is 6.93. The van der Waals surface area contributed by atoms with Gasteiger partial charge in [0.1, 0.15) is 11.9 Å². The first kappa shape index (κ1) is 19.3. The smallest absolute Gasteiger partial charge is 0.341 e. The van der Waals surface area contributed by atoms with Crippen LogP contribution >= 0.6 is 0 Å². The molecule has 7 nitrogen and oxygen atoms in total. The fourth-order valence-corrected chi connectivity index (χ4v) is 3.71. The van der Waals surface area contributed by atoms with Gasteiger partial charge >= 0.3 is 6.03 Å². The van der Waals surface area contributed by atoms with E-state index in [1.54, 1.807) is 4.90 Å². The van der Waals surface area contributed by atoms with Crippen LogP contribution < -0.4 is 10.2 Å². The van der Waals surface area contributed by atoms with E-state index in [1.165, 1.54) is 0 Å². The first-order valence-electron chi connectivity index (χ1n) is 10.0. The van der Waals surface area contributed by atoms with Gasteiger partial charge in [0.2, 0.25) is 0 Å². The Morgan fingerprint density at radius 2 is 1.90 bits per heavy atom. The van der Waals surface area contributed by atoms with Crippen LogP contribution in [0.4, 0.5) is 4.79 Å². The largest absolute Gasteiger partial charge is 0.490 e. The molecule has 0 radical (unpaired) electrons. The number of fused-ring (bicyclic) bond motifs is 1. The van der Waals surface area contributed by atoms with E-state index in [2.05, 4.69) is 41.8 Å². The average molecular weight is 394 g/mol. The fourth-order valence-electron chi connectivity index (χ4n) is 3.71. The molecule has 0 atom stereocenters. The summed E-state index contributed by atoms with van der Waals surface area (Å²) < 4.78 is 8.09. The standard InChI is InChI=1S/C22H26N4O3/c1-3-28-24-22(27)25-14-11-20(12-15-25)29-19-7-4-17(5-8-19)21-9-6-18-10-13-23-26(18)16(21)2/h4-10,13,20H,3,11-12,14-15H2,1-2H3,(H,24,27). The number of aromatic nitrogens is 2. The summed E-state index contributed by atoms with van der Waals surface area (Å²) in [5.74, 6) is 0.851. The molecule has 0 bridgehead atoms. The minimum Gasteiger partial charge on any atom is -0.490 e. The zero-order valence-electron chi connectivity index (χ0n) is 16.8. The molecule has 2 amide bonds. The summed E-state index contributed by atoms with van der Waals surface area (Å²) in [5, 5.41) is 4.39. The number of likely N-dealkylation sites (tertiary alicyclic amines) is 1. The SMILES string of the molecule is CCONC(=O)N1CCC(Oc2ccc(-c3ccc4ccnn4c3C)cc2)CC1. The molecule has 7 heteroatoms. The second kappa shape index (κ2) is 8.53. The highest BCUT2D eigenvalue weighted by molar-refractivity contribution is 5.73. The predicted octanol–water partition coefficient (Wildman–Crippen LogP) is 3.81. The number of ether oxygens (including phenoxy) is 1. The van der Waals surface area contributed by atoms with E-state index >= 15 is 0 Å². The lowest BCUT2D eigenvalue weighted by Gasteiger charge is -2.32. The summed E-state index contributed by atoms with van der Waals surface area (Å²) in [6, 6.07) is 14.2. The van der Waals surface area contributed by atoms with E-state index < -0.39 is 0 Å². The lowest BCUT2D eigenvalue weighted by Crippen LogP contribution is -2.46. The molecule has 1 aromatic carbocycles. The van der Waals surface area contributed by atoms with Gasteiger partial charge in [0.05, 0.1) is 12.1 Å². The molecule has 0 unspecified atom stereocenters. The van der Waals surface area contributed by atoms with Crippen molar-refractivity contribution < 1.29 is 14.4 Å². The van der Waals surface area contributed by atoms with Gasteiger partial charge < -0.3 is 9.64 Å². The van der Waals surface area contributed by atoms with Crippen LogP contribution in [0.3, 0.4) is 0 Å². The van der Waals surface area contributed by atoms with Crippen LogP contribution in [-0.2, 0) is 4.84 Å². The van der Waals surface area contributed by atoms with Crippen molar-refractivity contribution >= 4 is 11.5 Å². The maximum absolute atomic E-state index is 11.9. The fraction of sp³-hybridized carbons (Fsp3) is 0.364. The van der Waals surface area contributed by atoms with Gasteiger partial charge in [-0.3, -0.25) is 4.84 Å². The number of carbonyl (C=O) groups is 1. The number of piperidine rings is 1.